The van der Waals surface area contributed by atoms with Crippen LogP contribution in [0.1, 0.15) is 16.7 Å². The summed E-state index contributed by atoms with van der Waals surface area (Å²) in [6.45, 7) is 1.47. The first-order valence-electron chi connectivity index (χ1n) is 14.4. The van der Waals surface area contributed by atoms with E-state index in [1.807, 2.05) is 60.8 Å². The van der Waals surface area contributed by atoms with Crippen molar-refractivity contribution in [3.8, 4) is 5.75 Å². The minimum atomic E-state index is -0.633. The first-order valence-corrected chi connectivity index (χ1v) is 14.4. The van der Waals surface area contributed by atoms with Gasteiger partial charge in [0, 0.05) is 55.8 Å². The normalized spacial score (nSPS) is 16.1. The van der Waals surface area contributed by atoms with E-state index in [1.165, 1.54) is 0 Å². The molecule has 1 aliphatic heterocycles. The van der Waals surface area contributed by atoms with Crippen LogP contribution in [0, 0.1) is 0 Å². The Morgan fingerprint density at radius 3 is 2.60 bits per heavy atom. The van der Waals surface area contributed by atoms with Crippen LogP contribution < -0.4 is 10.1 Å². The summed E-state index contributed by atoms with van der Waals surface area (Å²) in [5.74, 6) is 0.604. The third-order valence-corrected chi connectivity index (χ3v) is 8.30. The number of benzene rings is 4. The molecule has 0 radical (unpaired) electrons. The van der Waals surface area contributed by atoms with Gasteiger partial charge in [-0.2, -0.15) is 0 Å². The molecule has 2 heterocycles. The first kappa shape index (κ1) is 27.5. The summed E-state index contributed by atoms with van der Waals surface area (Å²) in [5.41, 5.74) is 4.08. The highest BCUT2D eigenvalue weighted by molar-refractivity contribution is 5.92. The number of carbonyl (C=O) groups excluding carboxylic acids is 2. The highest BCUT2D eigenvalue weighted by Gasteiger charge is 2.38. The third kappa shape index (κ3) is 5.60. The van der Waals surface area contributed by atoms with Crippen LogP contribution in [0.15, 0.2) is 97.2 Å². The van der Waals surface area contributed by atoms with Gasteiger partial charge in [-0.25, -0.2) is 0 Å². The second-order valence-electron chi connectivity index (χ2n) is 11.0. The zero-order chi connectivity index (χ0) is 29.1. The van der Waals surface area contributed by atoms with Gasteiger partial charge in [0.1, 0.15) is 11.8 Å². The maximum absolute atomic E-state index is 14.2. The number of H-pyrrole nitrogens is 1. The van der Waals surface area contributed by atoms with Crippen molar-refractivity contribution >= 4 is 33.5 Å². The zero-order valence-electron chi connectivity index (χ0n) is 24.0. The lowest BCUT2D eigenvalue weighted by Crippen LogP contribution is -2.62. The molecule has 1 aromatic heterocycles. The lowest BCUT2D eigenvalue weighted by atomic mass is 9.97. The Kier molecular flexibility index (Phi) is 7.93. The van der Waals surface area contributed by atoms with E-state index < -0.39 is 12.1 Å². The molecule has 1 aliphatic rings. The highest BCUT2D eigenvalue weighted by atomic mass is 16.5. The van der Waals surface area contributed by atoms with E-state index >= 15 is 0 Å². The number of nitrogens with one attached hydrogen (secondary N) is 2. The number of ether oxygens (including phenoxy) is 1. The number of rotatable bonds is 9. The van der Waals surface area contributed by atoms with Crippen LogP contribution in [0.3, 0.4) is 0 Å². The first-order chi connectivity index (χ1) is 20.5. The summed E-state index contributed by atoms with van der Waals surface area (Å²) < 4.78 is 5.54. The summed E-state index contributed by atoms with van der Waals surface area (Å²) in [6.07, 6.45) is 2.97. The molecule has 1 saturated heterocycles. The summed E-state index contributed by atoms with van der Waals surface area (Å²) >= 11 is 0. The van der Waals surface area contributed by atoms with Gasteiger partial charge in [0.15, 0.2) is 0 Å². The van der Waals surface area contributed by atoms with E-state index in [1.54, 1.807) is 24.0 Å². The Labute approximate surface area is 246 Å². The van der Waals surface area contributed by atoms with Gasteiger partial charge in [-0.3, -0.25) is 9.59 Å². The van der Waals surface area contributed by atoms with E-state index in [2.05, 4.69) is 46.7 Å². The molecule has 0 saturated carbocycles. The molecule has 4 aromatic carbocycles. The van der Waals surface area contributed by atoms with Crippen LogP contribution in [-0.2, 0) is 29.0 Å². The van der Waals surface area contributed by atoms with Crippen molar-refractivity contribution in [2.24, 2.45) is 0 Å². The Morgan fingerprint density at radius 2 is 1.74 bits per heavy atom. The van der Waals surface area contributed by atoms with Gasteiger partial charge in [0.05, 0.1) is 13.2 Å². The topological polar surface area (TPSA) is 77.7 Å². The summed E-state index contributed by atoms with van der Waals surface area (Å²) in [6, 6.07) is 29.3. The predicted octanol–water partition coefficient (Wildman–Crippen LogP) is 4.94. The van der Waals surface area contributed by atoms with Gasteiger partial charge in [0.25, 0.3) is 0 Å². The number of hydrogen-bond acceptors (Lipinski definition) is 4. The van der Waals surface area contributed by atoms with Crippen LogP contribution in [0.2, 0.25) is 0 Å². The Hall–Kier alpha value is -4.62. The molecule has 0 spiro atoms. The number of aromatic amines is 1. The van der Waals surface area contributed by atoms with Crippen LogP contribution >= 0.6 is 0 Å². The van der Waals surface area contributed by atoms with Gasteiger partial charge in [-0.1, -0.05) is 78.9 Å². The fourth-order valence-corrected chi connectivity index (χ4v) is 6.09. The Balaban J connectivity index is 1.29. The van der Waals surface area contributed by atoms with Gasteiger partial charge in [0.2, 0.25) is 11.8 Å². The van der Waals surface area contributed by atoms with Crippen LogP contribution in [0.25, 0.3) is 21.7 Å². The maximum atomic E-state index is 14.2. The second kappa shape index (κ2) is 12.1. The number of likely N-dealkylation sites (N-methyl/N-ethyl adjacent to an activating group) is 1. The van der Waals surface area contributed by atoms with Gasteiger partial charge in [-0.15, -0.1) is 0 Å². The number of amides is 2. The van der Waals surface area contributed by atoms with E-state index in [-0.39, 0.29) is 11.8 Å². The number of aromatic nitrogens is 1. The standard InChI is InChI=1S/C35H36N4O3/c1-38(23-27-11-5-8-14-33(27)42-2)35(41)32(20-24-15-16-25-9-3-4-10-26(25)19-24)39-18-17-36-31(34(39)40)21-28-22-37-30-13-7-6-12-29(28)30/h3-16,19,22,31-32,36-37H,17-18,20-21,23H2,1-2H3/t31?,32-/m0/s1. The number of hydrogen-bond donors (Lipinski definition) is 2. The molecule has 5 aromatic rings. The number of nitrogens with zero attached hydrogens (tertiary/aromatic N) is 2. The molecule has 1 unspecified atom stereocenters. The number of para-hydroxylation sites is 2. The molecule has 6 rings (SSSR count). The van der Waals surface area contributed by atoms with Gasteiger partial charge in [-0.05, 0) is 40.5 Å². The number of carbonyl (C=O) groups is 2. The van der Waals surface area contributed by atoms with Crippen molar-refractivity contribution in [1.29, 1.82) is 0 Å². The highest BCUT2D eigenvalue weighted by Crippen LogP contribution is 2.25. The average molecular weight is 561 g/mol. The quantitative estimate of drug-likeness (QED) is 0.268. The number of piperazine rings is 1. The molecule has 2 amide bonds. The molecule has 2 atom stereocenters. The smallest absolute Gasteiger partial charge is 0.245 e. The Morgan fingerprint density at radius 1 is 0.976 bits per heavy atom. The molecular formula is C35H36N4O3. The SMILES string of the molecule is COc1ccccc1CN(C)C(=O)[C@H](Cc1ccc2ccccc2c1)N1CCNC(Cc2c[nH]c3ccccc23)C1=O. The van der Waals surface area contributed by atoms with Gasteiger partial charge < -0.3 is 24.8 Å². The minimum Gasteiger partial charge on any atom is -0.496 e. The van der Waals surface area contributed by atoms with Crippen molar-refractivity contribution in [1.82, 2.24) is 20.1 Å². The minimum absolute atomic E-state index is 0.0450. The second-order valence-corrected chi connectivity index (χ2v) is 11.0. The molecule has 214 valence electrons. The molecule has 1 fully saturated rings. The maximum Gasteiger partial charge on any atom is 0.245 e. The van der Waals surface area contributed by atoms with E-state index in [4.69, 9.17) is 4.74 Å². The molecule has 7 heteroatoms. The van der Waals surface area contributed by atoms with Gasteiger partial charge >= 0.3 is 0 Å². The van der Waals surface area contributed by atoms with Crippen molar-refractivity contribution < 1.29 is 14.3 Å². The van der Waals surface area contributed by atoms with E-state index in [0.29, 0.717) is 32.5 Å². The fraction of sp³-hybridized carbons (Fsp3) is 0.257. The molecule has 7 nitrogen and oxygen atoms in total. The lowest BCUT2D eigenvalue weighted by molar-refractivity contribution is -0.148. The fourth-order valence-electron chi connectivity index (χ4n) is 6.09. The van der Waals surface area contributed by atoms with Crippen LogP contribution in [0.5, 0.6) is 5.75 Å². The van der Waals surface area contributed by atoms with Crippen LogP contribution in [0.4, 0.5) is 0 Å². The summed E-state index contributed by atoms with van der Waals surface area (Å²) in [5, 5.41) is 6.80. The molecule has 0 aliphatic carbocycles. The van der Waals surface area contributed by atoms with Crippen molar-refractivity contribution in [2.75, 3.05) is 27.2 Å². The number of methoxy groups -OCH3 is 1. The summed E-state index contributed by atoms with van der Waals surface area (Å²) in [4.78, 5) is 35.1. The average Bonchev–Trinajstić information content (AvgIpc) is 3.43. The van der Waals surface area contributed by atoms with Crippen molar-refractivity contribution in [3.63, 3.8) is 0 Å². The molecule has 2 N–H and O–H groups in total. The monoisotopic (exact) mass is 560 g/mol. The van der Waals surface area contributed by atoms with E-state index in [9.17, 15) is 9.59 Å². The van der Waals surface area contributed by atoms with Crippen molar-refractivity contribution in [2.45, 2.75) is 31.5 Å². The molecular weight excluding hydrogens is 524 g/mol. The summed E-state index contributed by atoms with van der Waals surface area (Å²) in [7, 11) is 3.44. The molecule has 42 heavy (non-hydrogen) atoms. The molecule has 0 bridgehead atoms. The van der Waals surface area contributed by atoms with E-state index in [0.717, 1.165) is 44.1 Å². The third-order valence-electron chi connectivity index (χ3n) is 8.30. The van der Waals surface area contributed by atoms with Crippen molar-refractivity contribution in [3.05, 3.63) is 114 Å². The number of fused-ring (bicyclic) bond motifs is 2. The largest absolute Gasteiger partial charge is 0.496 e. The van der Waals surface area contributed by atoms with Crippen LogP contribution in [-0.4, -0.2) is 65.9 Å². The predicted molar refractivity (Wildman–Crippen MR) is 166 cm³/mol. The zero-order valence-corrected chi connectivity index (χ0v) is 24.0. The Bertz CT molecular complexity index is 1730. The lowest BCUT2D eigenvalue weighted by Gasteiger charge is -2.39.